The van der Waals surface area contributed by atoms with Gasteiger partial charge < -0.3 is 14.4 Å². The number of halogens is 1. The van der Waals surface area contributed by atoms with Crippen molar-refractivity contribution in [2.24, 2.45) is 7.05 Å². The van der Waals surface area contributed by atoms with Crippen molar-refractivity contribution in [3.05, 3.63) is 59.7 Å². The minimum Gasteiger partial charge on any atom is -0.350 e. The van der Waals surface area contributed by atoms with E-state index in [1.165, 1.54) is 37.4 Å². The predicted molar refractivity (Wildman–Crippen MR) is 80.6 cm³/mol. The van der Waals surface area contributed by atoms with Crippen molar-refractivity contribution in [1.82, 2.24) is 4.57 Å². The first-order valence-electron chi connectivity index (χ1n) is 7.72. The zero-order valence-electron chi connectivity index (χ0n) is 12.6. The van der Waals surface area contributed by atoms with Gasteiger partial charge in [0, 0.05) is 18.8 Å². The van der Waals surface area contributed by atoms with E-state index in [1.54, 1.807) is 21.9 Å². The molecule has 1 aromatic carbocycles. The molecule has 4 heteroatoms. The summed E-state index contributed by atoms with van der Waals surface area (Å²) in [6, 6.07) is 11.3. The Balaban J connectivity index is 1.49. The maximum atomic E-state index is 12.9. The summed E-state index contributed by atoms with van der Waals surface area (Å²) in [6.07, 6.45) is 2.12. The minimum absolute atomic E-state index is 0.148. The van der Waals surface area contributed by atoms with Gasteiger partial charge in [0.25, 0.3) is 0 Å². The number of hydrogen-bond acceptors (Lipinski definition) is 0. The van der Waals surface area contributed by atoms with E-state index in [2.05, 4.69) is 29.9 Å². The Bertz CT molecular complexity index is 568. The van der Waals surface area contributed by atoms with Crippen LogP contribution in [-0.2, 0) is 20.1 Å². The molecule has 0 saturated carbocycles. The molecular formula is C17H24FN3+2. The second-order valence-corrected chi connectivity index (χ2v) is 6.09. The number of benzene rings is 1. The van der Waals surface area contributed by atoms with Crippen LogP contribution in [0, 0.1) is 5.82 Å². The van der Waals surface area contributed by atoms with Crippen molar-refractivity contribution in [2.75, 3.05) is 26.2 Å². The van der Waals surface area contributed by atoms with Crippen molar-refractivity contribution in [2.45, 2.75) is 13.1 Å². The topological polar surface area (TPSA) is 13.8 Å². The quantitative estimate of drug-likeness (QED) is 0.764. The van der Waals surface area contributed by atoms with Crippen LogP contribution in [0.4, 0.5) is 4.39 Å². The first-order chi connectivity index (χ1) is 10.2. The average Bonchev–Trinajstić information content (AvgIpc) is 2.89. The van der Waals surface area contributed by atoms with Gasteiger partial charge in [0.1, 0.15) is 45.1 Å². The van der Waals surface area contributed by atoms with E-state index in [0.717, 1.165) is 13.1 Å². The summed E-state index contributed by atoms with van der Waals surface area (Å²) in [5.41, 5.74) is 2.64. The highest BCUT2D eigenvalue weighted by Gasteiger charge is 2.23. The lowest BCUT2D eigenvalue weighted by molar-refractivity contribution is -1.02. The number of nitrogens with one attached hydrogen (secondary N) is 2. The van der Waals surface area contributed by atoms with Crippen molar-refractivity contribution >= 4 is 0 Å². The summed E-state index contributed by atoms with van der Waals surface area (Å²) in [5, 5.41) is 0. The number of nitrogens with zero attached hydrogens (tertiary/aromatic N) is 1. The number of hydrogen-bond donors (Lipinski definition) is 2. The van der Waals surface area contributed by atoms with Gasteiger partial charge in [-0.2, -0.15) is 0 Å². The molecule has 0 spiro atoms. The summed E-state index contributed by atoms with van der Waals surface area (Å²) in [6.45, 7) is 6.93. The van der Waals surface area contributed by atoms with Crippen LogP contribution in [-0.4, -0.2) is 30.7 Å². The van der Waals surface area contributed by atoms with Crippen molar-refractivity contribution in [1.29, 1.82) is 0 Å². The largest absolute Gasteiger partial charge is 0.350 e. The summed E-state index contributed by atoms with van der Waals surface area (Å²) in [7, 11) is 2.12. The third kappa shape index (κ3) is 3.71. The second kappa shape index (κ2) is 6.41. The van der Waals surface area contributed by atoms with Crippen molar-refractivity contribution in [3.8, 4) is 0 Å². The van der Waals surface area contributed by atoms with Gasteiger partial charge >= 0.3 is 0 Å². The average molecular weight is 289 g/mol. The van der Waals surface area contributed by atoms with Gasteiger partial charge in [-0.25, -0.2) is 4.39 Å². The molecule has 1 fully saturated rings. The molecule has 1 aliphatic rings. The Morgan fingerprint density at radius 3 is 2.14 bits per heavy atom. The van der Waals surface area contributed by atoms with Crippen LogP contribution in [0.5, 0.6) is 0 Å². The second-order valence-electron chi connectivity index (χ2n) is 6.09. The maximum absolute atomic E-state index is 12.9. The molecular weight excluding hydrogens is 265 g/mol. The molecule has 1 saturated heterocycles. The number of quaternary nitrogens is 2. The molecule has 1 aromatic heterocycles. The van der Waals surface area contributed by atoms with Crippen LogP contribution in [0.3, 0.4) is 0 Å². The first kappa shape index (κ1) is 14.3. The molecule has 2 N–H and O–H groups in total. The SMILES string of the molecule is Cn1cccc1C[NH+]1CC[NH+](Cc2ccc(F)cc2)CC1. The zero-order valence-corrected chi connectivity index (χ0v) is 12.6. The molecule has 1 aliphatic heterocycles. The Kier molecular flexibility index (Phi) is 4.36. The Morgan fingerprint density at radius 2 is 1.57 bits per heavy atom. The van der Waals surface area contributed by atoms with Crippen LogP contribution < -0.4 is 9.80 Å². The Hall–Kier alpha value is -1.65. The lowest BCUT2D eigenvalue weighted by Gasteiger charge is -2.29. The van der Waals surface area contributed by atoms with Gasteiger partial charge in [0.2, 0.25) is 0 Å². The Morgan fingerprint density at radius 1 is 0.952 bits per heavy atom. The van der Waals surface area contributed by atoms with E-state index in [4.69, 9.17) is 0 Å². The highest BCUT2D eigenvalue weighted by atomic mass is 19.1. The molecule has 21 heavy (non-hydrogen) atoms. The minimum atomic E-state index is -0.148. The predicted octanol–water partition coefficient (Wildman–Crippen LogP) is -0.352. The lowest BCUT2D eigenvalue weighted by atomic mass is 10.2. The van der Waals surface area contributed by atoms with Gasteiger partial charge in [-0.3, -0.25) is 0 Å². The van der Waals surface area contributed by atoms with Gasteiger partial charge in [-0.05, 0) is 24.3 Å². The van der Waals surface area contributed by atoms with E-state index in [0.29, 0.717) is 0 Å². The van der Waals surface area contributed by atoms with Crippen LogP contribution in [0.2, 0.25) is 0 Å². The number of aromatic nitrogens is 1. The summed E-state index contributed by atoms with van der Waals surface area (Å²) in [4.78, 5) is 3.27. The lowest BCUT2D eigenvalue weighted by Crippen LogP contribution is -3.27. The fourth-order valence-corrected chi connectivity index (χ4v) is 3.14. The fourth-order valence-electron chi connectivity index (χ4n) is 3.14. The molecule has 0 aliphatic carbocycles. The van der Waals surface area contributed by atoms with Crippen LogP contribution in [0.15, 0.2) is 42.6 Å². The maximum Gasteiger partial charge on any atom is 0.127 e. The van der Waals surface area contributed by atoms with E-state index < -0.39 is 0 Å². The van der Waals surface area contributed by atoms with Crippen LogP contribution in [0.1, 0.15) is 11.3 Å². The van der Waals surface area contributed by atoms with E-state index in [9.17, 15) is 4.39 Å². The zero-order chi connectivity index (χ0) is 14.7. The van der Waals surface area contributed by atoms with Crippen molar-refractivity contribution < 1.29 is 14.2 Å². The molecule has 3 rings (SSSR count). The smallest absolute Gasteiger partial charge is 0.127 e. The number of piperazine rings is 1. The highest BCUT2D eigenvalue weighted by molar-refractivity contribution is 5.14. The van der Waals surface area contributed by atoms with Crippen LogP contribution >= 0.6 is 0 Å². The van der Waals surface area contributed by atoms with Crippen molar-refractivity contribution in [3.63, 3.8) is 0 Å². The molecule has 0 bridgehead atoms. The molecule has 2 aromatic rings. The van der Waals surface area contributed by atoms with E-state index >= 15 is 0 Å². The molecule has 0 radical (unpaired) electrons. The Labute approximate surface area is 125 Å². The van der Waals surface area contributed by atoms with Crippen LogP contribution in [0.25, 0.3) is 0 Å². The standard InChI is InChI=1S/C17H22FN3/c1-19-8-2-3-17(19)14-21-11-9-20(10-12-21)13-15-4-6-16(18)7-5-15/h2-8H,9-14H2,1H3/p+2. The van der Waals surface area contributed by atoms with Gasteiger partial charge in [0.15, 0.2) is 0 Å². The molecule has 0 unspecified atom stereocenters. The normalized spacial score (nSPS) is 22.4. The molecule has 2 heterocycles. The van der Waals surface area contributed by atoms with Gasteiger partial charge in [-0.15, -0.1) is 0 Å². The summed E-state index contributed by atoms with van der Waals surface area (Å²) < 4.78 is 15.1. The molecule has 3 nitrogen and oxygen atoms in total. The number of aryl methyl sites for hydroxylation is 1. The molecule has 0 atom stereocenters. The third-order valence-electron chi connectivity index (χ3n) is 4.51. The third-order valence-corrected chi connectivity index (χ3v) is 4.51. The first-order valence-corrected chi connectivity index (χ1v) is 7.72. The summed E-state index contributed by atoms with van der Waals surface area (Å²) in [5.74, 6) is -0.148. The highest BCUT2D eigenvalue weighted by Crippen LogP contribution is 2.01. The molecule has 112 valence electrons. The monoisotopic (exact) mass is 289 g/mol. The fraction of sp³-hybridized carbons (Fsp3) is 0.412. The van der Waals surface area contributed by atoms with Gasteiger partial charge in [0.05, 0.1) is 5.69 Å². The molecule has 0 amide bonds. The van der Waals surface area contributed by atoms with Gasteiger partial charge in [-0.1, -0.05) is 12.1 Å². The number of rotatable bonds is 4. The van der Waals surface area contributed by atoms with E-state index in [-0.39, 0.29) is 5.82 Å². The van der Waals surface area contributed by atoms with E-state index in [1.807, 2.05) is 12.1 Å². The summed E-state index contributed by atoms with van der Waals surface area (Å²) >= 11 is 0.